The Hall–Kier alpha value is -0.900. The Morgan fingerprint density at radius 1 is 1.29 bits per heavy atom. The quantitative estimate of drug-likeness (QED) is 0.700. The summed E-state index contributed by atoms with van der Waals surface area (Å²) in [7, 11) is 2.08. The fourth-order valence-electron chi connectivity index (χ4n) is 1.61. The summed E-state index contributed by atoms with van der Waals surface area (Å²) in [5.41, 5.74) is 7.11. The van der Waals surface area contributed by atoms with E-state index in [4.69, 9.17) is 10.5 Å². The first-order chi connectivity index (χ1) is 8.22. The Kier molecular flexibility index (Phi) is 6.86. The Morgan fingerprint density at radius 2 is 2.00 bits per heavy atom. The number of ether oxygens (including phenoxy) is 1. The van der Waals surface area contributed by atoms with Crippen LogP contribution >= 0.6 is 0 Å². The molecule has 0 bridgehead atoms. The van der Waals surface area contributed by atoms with Gasteiger partial charge in [-0.1, -0.05) is 37.3 Å². The normalized spacial score (nSPS) is 12.9. The first-order valence-corrected chi connectivity index (χ1v) is 6.28. The highest BCUT2D eigenvalue weighted by Gasteiger charge is 2.04. The van der Waals surface area contributed by atoms with Crippen molar-refractivity contribution in [2.24, 2.45) is 5.73 Å². The van der Waals surface area contributed by atoms with Gasteiger partial charge in [0.2, 0.25) is 0 Å². The van der Waals surface area contributed by atoms with Crippen LogP contribution in [0.2, 0.25) is 0 Å². The standard InChI is InChI=1S/C14H24N2O/c1-3-14(15)11-16(2)9-10-17-12-13-7-5-4-6-8-13/h4-8,14H,3,9-12,15H2,1-2H3/t14-/m0/s1. The summed E-state index contributed by atoms with van der Waals surface area (Å²) < 4.78 is 5.62. The molecule has 1 rings (SSSR count). The summed E-state index contributed by atoms with van der Waals surface area (Å²) >= 11 is 0. The lowest BCUT2D eigenvalue weighted by atomic mass is 10.2. The maximum atomic E-state index is 5.89. The minimum Gasteiger partial charge on any atom is -0.375 e. The molecule has 1 aromatic rings. The Balaban J connectivity index is 2.08. The first kappa shape index (κ1) is 14.2. The second-order valence-corrected chi connectivity index (χ2v) is 4.47. The van der Waals surface area contributed by atoms with Gasteiger partial charge in [0.25, 0.3) is 0 Å². The average molecular weight is 236 g/mol. The highest BCUT2D eigenvalue weighted by atomic mass is 16.5. The van der Waals surface area contributed by atoms with Gasteiger partial charge in [0.15, 0.2) is 0 Å². The number of likely N-dealkylation sites (N-methyl/N-ethyl adjacent to an activating group) is 1. The number of benzene rings is 1. The molecule has 0 amide bonds. The van der Waals surface area contributed by atoms with Crippen LogP contribution in [-0.4, -0.2) is 37.7 Å². The van der Waals surface area contributed by atoms with Crippen LogP contribution in [0.3, 0.4) is 0 Å². The molecule has 96 valence electrons. The van der Waals surface area contributed by atoms with Gasteiger partial charge in [-0.15, -0.1) is 0 Å². The zero-order valence-corrected chi connectivity index (χ0v) is 10.9. The second-order valence-electron chi connectivity index (χ2n) is 4.47. The monoisotopic (exact) mass is 236 g/mol. The molecule has 0 saturated heterocycles. The van der Waals surface area contributed by atoms with Crippen molar-refractivity contribution in [2.75, 3.05) is 26.7 Å². The maximum absolute atomic E-state index is 5.89. The van der Waals surface area contributed by atoms with Crippen molar-refractivity contribution in [2.45, 2.75) is 26.0 Å². The lowest BCUT2D eigenvalue weighted by Crippen LogP contribution is -2.36. The number of hydrogen-bond donors (Lipinski definition) is 1. The third-order valence-electron chi connectivity index (χ3n) is 2.80. The number of nitrogens with two attached hydrogens (primary N) is 1. The Bertz CT molecular complexity index is 290. The molecule has 0 spiro atoms. The van der Waals surface area contributed by atoms with Gasteiger partial charge in [-0.2, -0.15) is 0 Å². The SMILES string of the molecule is CC[C@H](N)CN(C)CCOCc1ccccc1. The topological polar surface area (TPSA) is 38.5 Å². The van der Waals surface area contributed by atoms with E-state index in [9.17, 15) is 0 Å². The van der Waals surface area contributed by atoms with Crippen molar-refractivity contribution < 1.29 is 4.74 Å². The van der Waals surface area contributed by atoms with Crippen molar-refractivity contribution in [3.63, 3.8) is 0 Å². The Morgan fingerprint density at radius 3 is 2.65 bits per heavy atom. The average Bonchev–Trinajstić information content (AvgIpc) is 2.36. The van der Waals surface area contributed by atoms with Gasteiger partial charge in [-0.25, -0.2) is 0 Å². The van der Waals surface area contributed by atoms with Crippen molar-refractivity contribution in [3.05, 3.63) is 35.9 Å². The fourth-order valence-corrected chi connectivity index (χ4v) is 1.61. The first-order valence-electron chi connectivity index (χ1n) is 6.28. The van der Waals surface area contributed by atoms with Crippen LogP contribution in [0.5, 0.6) is 0 Å². The molecule has 0 aliphatic heterocycles. The van der Waals surface area contributed by atoms with E-state index in [2.05, 4.69) is 31.0 Å². The molecule has 0 heterocycles. The van der Waals surface area contributed by atoms with Gasteiger partial charge in [-0.05, 0) is 19.0 Å². The predicted molar refractivity (Wildman–Crippen MR) is 71.9 cm³/mol. The molecule has 17 heavy (non-hydrogen) atoms. The zero-order valence-electron chi connectivity index (χ0n) is 10.9. The van der Waals surface area contributed by atoms with E-state index in [-0.39, 0.29) is 6.04 Å². The summed E-state index contributed by atoms with van der Waals surface area (Å²) in [6.07, 6.45) is 1.02. The third-order valence-corrected chi connectivity index (χ3v) is 2.80. The van der Waals surface area contributed by atoms with Crippen molar-refractivity contribution in [1.82, 2.24) is 4.90 Å². The summed E-state index contributed by atoms with van der Waals surface area (Å²) in [5.74, 6) is 0. The molecule has 3 heteroatoms. The minimum absolute atomic E-state index is 0.272. The maximum Gasteiger partial charge on any atom is 0.0717 e. The highest BCUT2D eigenvalue weighted by Crippen LogP contribution is 2.00. The highest BCUT2D eigenvalue weighted by molar-refractivity contribution is 5.13. The number of hydrogen-bond acceptors (Lipinski definition) is 3. The molecular weight excluding hydrogens is 212 g/mol. The molecule has 1 aromatic carbocycles. The van der Waals surface area contributed by atoms with E-state index in [1.807, 2.05) is 18.2 Å². The van der Waals surface area contributed by atoms with Crippen LogP contribution in [-0.2, 0) is 11.3 Å². The molecular formula is C14H24N2O. The largest absolute Gasteiger partial charge is 0.375 e. The van der Waals surface area contributed by atoms with Crippen molar-refractivity contribution in [3.8, 4) is 0 Å². The van der Waals surface area contributed by atoms with E-state index in [1.165, 1.54) is 5.56 Å². The Labute approximate surface area is 105 Å². The third kappa shape index (κ3) is 6.41. The smallest absolute Gasteiger partial charge is 0.0717 e. The molecule has 0 aliphatic carbocycles. The van der Waals surface area contributed by atoms with E-state index in [0.29, 0.717) is 6.61 Å². The van der Waals surface area contributed by atoms with E-state index in [1.54, 1.807) is 0 Å². The van der Waals surface area contributed by atoms with Crippen LogP contribution in [0.1, 0.15) is 18.9 Å². The van der Waals surface area contributed by atoms with E-state index >= 15 is 0 Å². The van der Waals surface area contributed by atoms with Crippen LogP contribution in [0.4, 0.5) is 0 Å². The van der Waals surface area contributed by atoms with E-state index in [0.717, 1.165) is 26.1 Å². The van der Waals surface area contributed by atoms with Gasteiger partial charge >= 0.3 is 0 Å². The molecule has 1 atom stereocenters. The zero-order chi connectivity index (χ0) is 12.5. The van der Waals surface area contributed by atoms with Gasteiger partial charge in [0, 0.05) is 19.1 Å². The van der Waals surface area contributed by atoms with Crippen LogP contribution in [0.15, 0.2) is 30.3 Å². The molecule has 0 fully saturated rings. The molecule has 0 saturated carbocycles. The van der Waals surface area contributed by atoms with Gasteiger partial charge in [0.05, 0.1) is 13.2 Å². The predicted octanol–water partition coefficient (Wildman–Crippen LogP) is 1.87. The molecule has 3 nitrogen and oxygen atoms in total. The summed E-state index contributed by atoms with van der Waals surface area (Å²) in [6.45, 7) is 5.42. The molecule has 0 aromatic heterocycles. The molecule has 2 N–H and O–H groups in total. The van der Waals surface area contributed by atoms with Crippen LogP contribution in [0.25, 0.3) is 0 Å². The minimum atomic E-state index is 0.272. The summed E-state index contributed by atoms with van der Waals surface area (Å²) in [5, 5.41) is 0. The lowest BCUT2D eigenvalue weighted by Gasteiger charge is -2.20. The molecule has 0 radical (unpaired) electrons. The van der Waals surface area contributed by atoms with Crippen molar-refractivity contribution >= 4 is 0 Å². The van der Waals surface area contributed by atoms with Crippen LogP contribution < -0.4 is 5.73 Å². The fraction of sp³-hybridized carbons (Fsp3) is 0.571. The van der Waals surface area contributed by atoms with Crippen LogP contribution in [0, 0.1) is 0 Å². The number of nitrogens with zero attached hydrogens (tertiary/aromatic N) is 1. The lowest BCUT2D eigenvalue weighted by molar-refractivity contribution is 0.0981. The van der Waals surface area contributed by atoms with Gasteiger partial charge in [0.1, 0.15) is 0 Å². The number of rotatable bonds is 8. The van der Waals surface area contributed by atoms with Crippen molar-refractivity contribution in [1.29, 1.82) is 0 Å². The molecule has 0 unspecified atom stereocenters. The molecule has 0 aliphatic rings. The summed E-state index contributed by atoms with van der Waals surface area (Å²) in [4.78, 5) is 2.22. The second kappa shape index (κ2) is 8.23. The van der Waals surface area contributed by atoms with Gasteiger partial charge < -0.3 is 15.4 Å². The summed E-state index contributed by atoms with van der Waals surface area (Å²) in [6, 6.07) is 10.5. The van der Waals surface area contributed by atoms with Gasteiger partial charge in [-0.3, -0.25) is 0 Å². The van der Waals surface area contributed by atoms with E-state index < -0.39 is 0 Å².